The molecule has 0 radical (unpaired) electrons. The molecule has 0 bridgehead atoms. The molecule has 2 unspecified atom stereocenters. The fourth-order valence-corrected chi connectivity index (χ4v) is 2.82. The summed E-state index contributed by atoms with van der Waals surface area (Å²) in [5.41, 5.74) is -0.517. The Hall–Kier alpha value is -1.97. The largest absolute Gasteiger partial charge is 1.00 e. The van der Waals surface area contributed by atoms with Crippen molar-refractivity contribution in [2.24, 2.45) is 16.3 Å². The molecule has 0 aromatic rings. The second-order valence-corrected chi connectivity index (χ2v) is 7.02. The number of nitrogens with one attached hydrogen (secondary N) is 1. The first-order valence-electron chi connectivity index (χ1n) is 9.70. The quantitative estimate of drug-likeness (QED) is 0.149. The molecule has 1 N–H and O–H groups in total. The number of nitrogens with zero attached hydrogens (tertiary/aromatic N) is 1. The molecule has 0 saturated heterocycles. The number of hydrogen-bond donors (Lipinski definition) is 1. The van der Waals surface area contributed by atoms with Crippen molar-refractivity contribution in [2.45, 2.75) is 53.9 Å². The van der Waals surface area contributed by atoms with Crippen molar-refractivity contribution in [1.82, 2.24) is 5.32 Å². The molecular weight excluding hydrogens is 415 g/mol. The summed E-state index contributed by atoms with van der Waals surface area (Å²) in [4.78, 5) is 48.7. The molecule has 1 rings (SSSR count). The van der Waals surface area contributed by atoms with Crippen LogP contribution >= 0.6 is 0 Å². The van der Waals surface area contributed by atoms with Crippen molar-refractivity contribution in [1.29, 1.82) is 0 Å². The van der Waals surface area contributed by atoms with Crippen molar-refractivity contribution in [3.63, 3.8) is 0 Å². The molecule has 1 aliphatic rings. The fourth-order valence-electron chi connectivity index (χ4n) is 2.82. The zero-order valence-electron chi connectivity index (χ0n) is 19.3. The van der Waals surface area contributed by atoms with Gasteiger partial charge >= 0.3 is 41.5 Å². The van der Waals surface area contributed by atoms with Crippen LogP contribution in [0.25, 0.3) is 0 Å². The fraction of sp³-hybridized carbons (Fsp3) is 0.571. The summed E-state index contributed by atoms with van der Waals surface area (Å²) in [6.07, 6.45) is 2.02. The van der Waals surface area contributed by atoms with E-state index in [1.807, 2.05) is 13.8 Å². The Labute approximate surface area is 205 Å². The Kier molecular flexibility index (Phi) is 15.0. The number of carbonyl (C=O) groups is 4. The van der Waals surface area contributed by atoms with Crippen LogP contribution in [0.5, 0.6) is 0 Å². The van der Waals surface area contributed by atoms with E-state index in [0.29, 0.717) is 17.6 Å². The van der Waals surface area contributed by atoms with Crippen LogP contribution < -0.4 is 40.0 Å². The van der Waals surface area contributed by atoms with Crippen LogP contribution in [-0.4, -0.2) is 43.0 Å². The summed E-state index contributed by atoms with van der Waals surface area (Å²) in [6, 6.07) is -0.845. The Balaban J connectivity index is 0. The van der Waals surface area contributed by atoms with Crippen LogP contribution in [0.3, 0.4) is 0 Å². The van der Waals surface area contributed by atoms with E-state index in [9.17, 15) is 24.3 Å². The van der Waals surface area contributed by atoms with E-state index in [1.165, 1.54) is 0 Å². The van der Waals surface area contributed by atoms with Gasteiger partial charge in [0.05, 0.1) is 6.02 Å². The van der Waals surface area contributed by atoms with Gasteiger partial charge in [-0.05, 0) is 32.6 Å². The van der Waals surface area contributed by atoms with Gasteiger partial charge in [0, 0.05) is 11.1 Å². The molecule has 0 saturated carbocycles. The molecule has 2 atom stereocenters. The van der Waals surface area contributed by atoms with Gasteiger partial charge < -0.3 is 19.9 Å². The molecule has 10 heteroatoms. The van der Waals surface area contributed by atoms with Gasteiger partial charge in [0.2, 0.25) is 5.91 Å². The second-order valence-electron chi connectivity index (χ2n) is 7.02. The third-order valence-corrected chi connectivity index (χ3v) is 4.58. The number of aliphatic imine (C=N–C) groups is 1. The molecule has 0 fully saturated rings. The van der Waals surface area contributed by atoms with Crippen molar-refractivity contribution < 1.29 is 63.3 Å². The van der Waals surface area contributed by atoms with Gasteiger partial charge in [-0.1, -0.05) is 40.3 Å². The minimum Gasteiger partial charge on any atom is -0.846 e. The van der Waals surface area contributed by atoms with E-state index in [4.69, 9.17) is 0 Å². The van der Waals surface area contributed by atoms with E-state index >= 15 is 0 Å². The van der Waals surface area contributed by atoms with Crippen LogP contribution in [-0.2, 0) is 28.7 Å². The Morgan fingerprint density at radius 2 is 1.55 bits per heavy atom. The molecule has 2 amide bonds. The van der Waals surface area contributed by atoms with Gasteiger partial charge in [-0.25, -0.2) is 14.6 Å². The van der Waals surface area contributed by atoms with Crippen molar-refractivity contribution >= 4 is 29.8 Å². The van der Waals surface area contributed by atoms with Gasteiger partial charge in [-0.2, -0.15) is 0 Å². The predicted molar refractivity (Wildman–Crippen MR) is 109 cm³/mol. The van der Waals surface area contributed by atoms with Crippen LogP contribution in [0.15, 0.2) is 29.3 Å². The zero-order valence-corrected chi connectivity index (χ0v) is 21.3. The average Bonchev–Trinajstić information content (AvgIpc) is 2.65. The molecule has 168 valence electrons. The van der Waals surface area contributed by atoms with Gasteiger partial charge in [0.25, 0.3) is 5.91 Å². The van der Waals surface area contributed by atoms with E-state index in [1.54, 1.807) is 20.8 Å². The second kappa shape index (κ2) is 14.9. The van der Waals surface area contributed by atoms with E-state index in [0.717, 1.165) is 12.8 Å². The number of amides is 2. The monoisotopic (exact) mass is 446 g/mol. The summed E-state index contributed by atoms with van der Waals surface area (Å²) in [6.45, 7) is 15.6. The van der Waals surface area contributed by atoms with Crippen LogP contribution in [0.4, 0.5) is 0 Å². The molecule has 0 aliphatic carbocycles. The third-order valence-electron chi connectivity index (χ3n) is 4.58. The number of hydrogen-bond acceptors (Lipinski definition) is 7. The zero-order chi connectivity index (χ0) is 23.5. The molecule has 31 heavy (non-hydrogen) atoms. The summed E-state index contributed by atoms with van der Waals surface area (Å²) in [5.74, 6) is -2.18. The molecule has 0 aromatic carbocycles. The number of ether oxygens (including phenoxy) is 2. The maximum absolute atomic E-state index is 11.9. The minimum atomic E-state index is -1.15. The summed E-state index contributed by atoms with van der Waals surface area (Å²) >= 11 is 0. The van der Waals surface area contributed by atoms with Crippen molar-refractivity contribution in [2.75, 3.05) is 13.2 Å². The summed E-state index contributed by atoms with van der Waals surface area (Å²) < 4.78 is 9.38. The number of amidine groups is 1. The first-order valence-corrected chi connectivity index (χ1v) is 9.70. The minimum absolute atomic E-state index is 0. The van der Waals surface area contributed by atoms with Gasteiger partial charge in [0.1, 0.15) is 18.6 Å². The van der Waals surface area contributed by atoms with E-state index < -0.39 is 35.2 Å². The number of rotatable bonds is 9. The number of esters is 2. The molecular formula is C21H31N2NaO7. The number of carbonyl (C=O) groups excluding carboxylic acids is 4. The molecule has 0 spiro atoms. The van der Waals surface area contributed by atoms with Gasteiger partial charge in [-0.15, -0.1) is 0 Å². The van der Waals surface area contributed by atoms with Gasteiger partial charge in [0.15, 0.2) is 0 Å². The normalized spacial score (nSPS) is 18.2. The van der Waals surface area contributed by atoms with Crippen LogP contribution in [0, 0.1) is 11.3 Å². The topological polar surface area (TPSA) is 134 Å². The summed E-state index contributed by atoms with van der Waals surface area (Å²) in [5, 5.41) is 13.1. The standard InChI is InChI=1S/C11H18N2O3.C10H14O4.Na/c1-4-6-7(3)11(5-2)8(14)12-10(16)13-9(11)15;1-7(2)9(11)13-5-6-14-10(12)8(3)4;/h7H,4-6H2,1-3H3,(H2,12,13,14,15,16);1,3,5-6H2,2,4H3;/q;;+1/p-1. The van der Waals surface area contributed by atoms with Crippen molar-refractivity contribution in [3.8, 4) is 0 Å². The average molecular weight is 446 g/mol. The van der Waals surface area contributed by atoms with Gasteiger partial charge in [-0.3, -0.25) is 9.59 Å². The molecule has 1 aliphatic heterocycles. The Morgan fingerprint density at radius 3 is 1.87 bits per heavy atom. The predicted octanol–water partition coefficient (Wildman–Crippen LogP) is -1.58. The van der Waals surface area contributed by atoms with E-state index in [2.05, 4.69) is 32.9 Å². The molecule has 9 nitrogen and oxygen atoms in total. The molecule has 1 heterocycles. The SMILES string of the molecule is C=C(C)C(=O)OCCOC(=O)C(=C)C.CCCC(C)C1(CC)C(=O)N=C([O-])NC1=O.[Na+]. The Bertz CT molecular complexity index is 705. The Morgan fingerprint density at radius 1 is 1.10 bits per heavy atom. The van der Waals surface area contributed by atoms with Crippen LogP contribution in [0.2, 0.25) is 0 Å². The van der Waals surface area contributed by atoms with Crippen LogP contribution in [0.1, 0.15) is 53.9 Å². The smallest absolute Gasteiger partial charge is 0.846 e. The van der Waals surface area contributed by atoms with Crippen molar-refractivity contribution in [3.05, 3.63) is 24.3 Å². The van der Waals surface area contributed by atoms with E-state index in [-0.39, 0.29) is 48.7 Å². The maximum atomic E-state index is 11.9. The maximum Gasteiger partial charge on any atom is 1.00 e. The third kappa shape index (κ3) is 9.37. The first-order chi connectivity index (χ1) is 13.9. The summed E-state index contributed by atoms with van der Waals surface area (Å²) in [7, 11) is 0. The first kappa shape index (κ1) is 31.2. The molecule has 0 aromatic heterocycles.